The minimum Gasteiger partial charge on any atom is -0.465 e. The van der Waals surface area contributed by atoms with E-state index < -0.39 is 11.5 Å². The quantitative estimate of drug-likeness (QED) is 0.709. The number of rotatable bonds is 4. The summed E-state index contributed by atoms with van der Waals surface area (Å²) in [6, 6.07) is 3.33. The summed E-state index contributed by atoms with van der Waals surface area (Å²) in [6.45, 7) is 1.62. The molecule has 0 radical (unpaired) electrons. The van der Waals surface area contributed by atoms with Gasteiger partial charge in [0.2, 0.25) is 0 Å². The third kappa shape index (κ3) is 3.29. The topological polar surface area (TPSA) is 85.4 Å². The summed E-state index contributed by atoms with van der Waals surface area (Å²) in [4.78, 5) is 15.2. The maximum Gasteiger partial charge on any atom is 0.339 e. The molecule has 5 nitrogen and oxygen atoms in total. The maximum absolute atomic E-state index is 11.1. The average molecular weight is 224 g/mol. The van der Waals surface area contributed by atoms with Gasteiger partial charge >= 0.3 is 5.97 Å². The Bertz CT molecular complexity index is 360. The van der Waals surface area contributed by atoms with Gasteiger partial charge in [0.15, 0.2) is 0 Å². The van der Waals surface area contributed by atoms with Gasteiger partial charge in [-0.25, -0.2) is 4.79 Å². The molecular weight excluding hydrogens is 208 g/mol. The number of methoxy groups -OCH3 is 1. The molecule has 0 aliphatic heterocycles. The van der Waals surface area contributed by atoms with E-state index in [4.69, 9.17) is 10.8 Å². The van der Waals surface area contributed by atoms with E-state index in [9.17, 15) is 4.79 Å². The van der Waals surface area contributed by atoms with Crippen LogP contribution in [-0.4, -0.2) is 35.3 Å². The zero-order valence-electron chi connectivity index (χ0n) is 9.43. The predicted molar refractivity (Wildman–Crippen MR) is 59.0 cm³/mol. The Morgan fingerprint density at radius 2 is 2.31 bits per heavy atom. The number of pyridine rings is 1. The largest absolute Gasteiger partial charge is 0.465 e. The lowest BCUT2D eigenvalue weighted by molar-refractivity contribution is 0.0600. The van der Waals surface area contributed by atoms with Crippen molar-refractivity contribution in [1.29, 1.82) is 0 Å². The molecule has 0 amide bonds. The fraction of sp³-hybridized carbons (Fsp3) is 0.455. The summed E-state index contributed by atoms with van der Waals surface area (Å²) in [5.74, 6) is -0.420. The van der Waals surface area contributed by atoms with Crippen molar-refractivity contribution in [2.45, 2.75) is 18.9 Å². The smallest absolute Gasteiger partial charge is 0.339 e. The van der Waals surface area contributed by atoms with E-state index in [2.05, 4.69) is 9.72 Å². The van der Waals surface area contributed by atoms with Gasteiger partial charge in [-0.1, -0.05) is 0 Å². The number of ether oxygens (including phenoxy) is 1. The number of carbonyl (C=O) groups is 1. The van der Waals surface area contributed by atoms with Gasteiger partial charge in [0.25, 0.3) is 0 Å². The Kier molecular flexibility index (Phi) is 3.98. The average Bonchev–Trinajstić information content (AvgIpc) is 2.28. The summed E-state index contributed by atoms with van der Waals surface area (Å²) in [5.41, 5.74) is 6.22. The van der Waals surface area contributed by atoms with Crippen LogP contribution in [0.3, 0.4) is 0 Å². The summed E-state index contributed by atoms with van der Waals surface area (Å²) in [7, 11) is 1.32. The van der Waals surface area contributed by atoms with Gasteiger partial charge in [-0.3, -0.25) is 4.98 Å². The van der Waals surface area contributed by atoms with Crippen LogP contribution in [0.5, 0.6) is 0 Å². The molecule has 0 aliphatic carbocycles. The van der Waals surface area contributed by atoms with Crippen molar-refractivity contribution in [3.8, 4) is 0 Å². The second-order valence-corrected chi connectivity index (χ2v) is 4.02. The van der Waals surface area contributed by atoms with Crippen molar-refractivity contribution in [2.24, 2.45) is 5.73 Å². The highest BCUT2D eigenvalue weighted by Gasteiger charge is 2.18. The molecule has 0 saturated heterocycles. The minimum atomic E-state index is -0.695. The van der Waals surface area contributed by atoms with Crippen LogP contribution in [0.2, 0.25) is 0 Å². The molecule has 0 bridgehead atoms. The van der Waals surface area contributed by atoms with Gasteiger partial charge < -0.3 is 15.6 Å². The molecule has 1 rings (SSSR count). The highest BCUT2D eigenvalue weighted by Crippen LogP contribution is 2.09. The van der Waals surface area contributed by atoms with Gasteiger partial charge in [0.05, 0.1) is 19.3 Å². The monoisotopic (exact) mass is 224 g/mol. The van der Waals surface area contributed by atoms with E-state index in [1.807, 2.05) is 0 Å². The van der Waals surface area contributed by atoms with Crippen LogP contribution in [0.4, 0.5) is 0 Å². The second-order valence-electron chi connectivity index (χ2n) is 4.02. The summed E-state index contributed by atoms with van der Waals surface area (Å²) in [6.07, 6.45) is 1.89. The molecule has 3 N–H and O–H groups in total. The van der Waals surface area contributed by atoms with Crippen LogP contribution in [0.25, 0.3) is 0 Å². The van der Waals surface area contributed by atoms with Crippen molar-refractivity contribution in [3.63, 3.8) is 0 Å². The van der Waals surface area contributed by atoms with E-state index in [1.165, 1.54) is 13.3 Å². The number of hydrogen-bond acceptors (Lipinski definition) is 5. The van der Waals surface area contributed by atoms with Gasteiger partial charge in [-0.05, 0) is 19.1 Å². The molecule has 1 heterocycles. The fourth-order valence-electron chi connectivity index (χ4n) is 1.24. The van der Waals surface area contributed by atoms with E-state index in [-0.39, 0.29) is 6.61 Å². The molecule has 0 aromatic carbocycles. The molecule has 1 aromatic rings. The molecule has 0 aliphatic rings. The summed E-state index contributed by atoms with van der Waals surface area (Å²) >= 11 is 0. The lowest BCUT2D eigenvalue weighted by Gasteiger charge is -2.20. The first-order valence-electron chi connectivity index (χ1n) is 4.91. The number of aliphatic hydroxyl groups is 1. The Labute approximate surface area is 94.2 Å². The third-order valence-electron chi connectivity index (χ3n) is 2.19. The van der Waals surface area contributed by atoms with Gasteiger partial charge in [-0.2, -0.15) is 0 Å². The molecule has 0 spiro atoms. The van der Waals surface area contributed by atoms with Gasteiger partial charge in [0, 0.05) is 23.9 Å². The zero-order valence-corrected chi connectivity index (χ0v) is 9.43. The molecular formula is C11H16N2O3. The van der Waals surface area contributed by atoms with Crippen molar-refractivity contribution in [1.82, 2.24) is 4.98 Å². The minimum absolute atomic E-state index is 0.118. The van der Waals surface area contributed by atoms with E-state index in [0.29, 0.717) is 12.0 Å². The third-order valence-corrected chi connectivity index (χ3v) is 2.19. The summed E-state index contributed by atoms with van der Waals surface area (Å²) < 4.78 is 4.55. The molecule has 1 unspecified atom stereocenters. The molecule has 0 saturated carbocycles. The Hall–Kier alpha value is -1.46. The Morgan fingerprint density at radius 3 is 2.75 bits per heavy atom. The van der Waals surface area contributed by atoms with E-state index >= 15 is 0 Å². The second kappa shape index (κ2) is 5.05. The standard InChI is InChI=1S/C11H16N2O3/c1-11(12,7-14)5-9-4-3-8(6-13-9)10(15)16-2/h3-4,6,14H,5,7,12H2,1-2H3. The number of esters is 1. The van der Waals surface area contributed by atoms with Crippen LogP contribution in [0, 0.1) is 0 Å². The van der Waals surface area contributed by atoms with Crippen molar-refractivity contribution < 1.29 is 14.6 Å². The number of nitrogens with zero attached hydrogens (tertiary/aromatic N) is 1. The first-order chi connectivity index (χ1) is 7.48. The first-order valence-corrected chi connectivity index (χ1v) is 4.91. The van der Waals surface area contributed by atoms with Crippen molar-refractivity contribution in [3.05, 3.63) is 29.6 Å². The van der Waals surface area contributed by atoms with Crippen LogP contribution >= 0.6 is 0 Å². The highest BCUT2D eigenvalue weighted by molar-refractivity contribution is 5.88. The van der Waals surface area contributed by atoms with Crippen LogP contribution in [0.15, 0.2) is 18.3 Å². The molecule has 1 aromatic heterocycles. The normalized spacial score (nSPS) is 14.2. The van der Waals surface area contributed by atoms with Crippen molar-refractivity contribution in [2.75, 3.05) is 13.7 Å². The Balaban J connectivity index is 2.76. The predicted octanol–water partition coefficient (Wildman–Crippen LogP) is 0.120. The molecule has 1 atom stereocenters. The molecule has 88 valence electrons. The molecule has 16 heavy (non-hydrogen) atoms. The first kappa shape index (κ1) is 12.6. The fourth-order valence-corrected chi connectivity index (χ4v) is 1.24. The molecule has 5 heteroatoms. The number of carbonyl (C=O) groups excluding carboxylic acids is 1. The van der Waals surface area contributed by atoms with Crippen molar-refractivity contribution >= 4 is 5.97 Å². The van der Waals surface area contributed by atoms with Crippen LogP contribution < -0.4 is 5.73 Å². The number of hydrogen-bond donors (Lipinski definition) is 2. The molecule has 0 fully saturated rings. The lowest BCUT2D eigenvalue weighted by Crippen LogP contribution is -2.42. The van der Waals surface area contributed by atoms with Gasteiger partial charge in [0.1, 0.15) is 0 Å². The zero-order chi connectivity index (χ0) is 12.2. The van der Waals surface area contributed by atoms with Crippen LogP contribution in [0.1, 0.15) is 23.0 Å². The van der Waals surface area contributed by atoms with Gasteiger partial charge in [-0.15, -0.1) is 0 Å². The van der Waals surface area contributed by atoms with E-state index in [1.54, 1.807) is 19.1 Å². The number of aromatic nitrogens is 1. The highest BCUT2D eigenvalue weighted by atomic mass is 16.5. The van der Waals surface area contributed by atoms with Crippen LogP contribution in [-0.2, 0) is 11.2 Å². The number of aliphatic hydroxyl groups excluding tert-OH is 1. The van der Waals surface area contributed by atoms with E-state index in [0.717, 1.165) is 5.69 Å². The maximum atomic E-state index is 11.1. The number of nitrogens with two attached hydrogens (primary N) is 1. The summed E-state index contributed by atoms with van der Waals surface area (Å²) in [5, 5.41) is 9.01. The Morgan fingerprint density at radius 1 is 1.62 bits per heavy atom. The SMILES string of the molecule is COC(=O)c1ccc(CC(C)(N)CO)nc1. The lowest BCUT2D eigenvalue weighted by atomic mass is 9.98.